The van der Waals surface area contributed by atoms with Crippen molar-refractivity contribution in [3.8, 4) is 11.5 Å². The van der Waals surface area contributed by atoms with Crippen LogP contribution < -0.4 is 15.8 Å². The molecule has 0 aliphatic carbocycles. The highest BCUT2D eigenvalue weighted by atomic mass is 16.5. The average Bonchev–Trinajstić information content (AvgIpc) is 2.47. The number of carbonyl (C=O) groups excluding carboxylic acids is 1. The predicted molar refractivity (Wildman–Crippen MR) is 73.9 cm³/mol. The van der Waals surface area contributed by atoms with Gasteiger partial charge in [-0.25, -0.2) is 0 Å². The molecule has 2 rings (SSSR count). The Hall–Kier alpha value is -2.33. The second-order valence-electron chi connectivity index (χ2n) is 4.04. The number of rotatable bonds is 5. The largest absolute Gasteiger partial charge is 0.457 e. The zero-order valence-electron chi connectivity index (χ0n) is 10.5. The third-order valence-corrected chi connectivity index (χ3v) is 2.58. The Balaban J connectivity index is 1.93. The maximum Gasteiger partial charge on any atom is 0.234 e. The van der Waals surface area contributed by atoms with Crippen LogP contribution in [-0.4, -0.2) is 12.5 Å². The van der Waals surface area contributed by atoms with Crippen molar-refractivity contribution in [2.75, 3.05) is 6.54 Å². The highest BCUT2D eigenvalue weighted by molar-refractivity contribution is 5.77. The second-order valence-corrected chi connectivity index (χ2v) is 4.04. The van der Waals surface area contributed by atoms with Crippen LogP contribution >= 0.6 is 0 Å². The van der Waals surface area contributed by atoms with Gasteiger partial charge in [0.1, 0.15) is 11.5 Å². The molecule has 0 aromatic heterocycles. The topological polar surface area (TPSA) is 64.4 Å². The predicted octanol–water partition coefficient (Wildman–Crippen LogP) is 2.05. The molecule has 0 saturated heterocycles. The quantitative estimate of drug-likeness (QED) is 0.860. The molecular formula is C15H16N2O2. The van der Waals surface area contributed by atoms with Crippen LogP contribution in [-0.2, 0) is 11.3 Å². The lowest BCUT2D eigenvalue weighted by atomic mass is 10.2. The molecule has 0 aliphatic rings. The summed E-state index contributed by atoms with van der Waals surface area (Å²) in [4.78, 5) is 11.0. The highest BCUT2D eigenvalue weighted by Gasteiger charge is 1.99. The van der Waals surface area contributed by atoms with Crippen molar-refractivity contribution in [2.45, 2.75) is 6.54 Å². The van der Waals surface area contributed by atoms with Gasteiger partial charge in [-0.1, -0.05) is 30.3 Å². The van der Waals surface area contributed by atoms with Crippen molar-refractivity contribution < 1.29 is 9.53 Å². The van der Waals surface area contributed by atoms with Gasteiger partial charge in [-0.3, -0.25) is 4.79 Å². The molecule has 0 aliphatic heterocycles. The first-order chi connectivity index (χ1) is 9.28. The van der Waals surface area contributed by atoms with Crippen molar-refractivity contribution in [2.24, 2.45) is 5.73 Å². The van der Waals surface area contributed by atoms with E-state index >= 15 is 0 Å². The van der Waals surface area contributed by atoms with Gasteiger partial charge in [-0.15, -0.1) is 0 Å². The van der Waals surface area contributed by atoms with E-state index in [4.69, 9.17) is 10.5 Å². The number of nitrogens with two attached hydrogens (primary N) is 1. The molecule has 0 heterocycles. The molecule has 1 amide bonds. The van der Waals surface area contributed by atoms with E-state index in [1.54, 1.807) is 0 Å². The summed E-state index contributed by atoms with van der Waals surface area (Å²) in [6.07, 6.45) is 0. The summed E-state index contributed by atoms with van der Waals surface area (Å²) in [5.74, 6) is 1.40. The molecule has 0 saturated carbocycles. The molecule has 0 unspecified atom stereocenters. The van der Waals surface area contributed by atoms with Gasteiger partial charge in [0.15, 0.2) is 0 Å². The van der Waals surface area contributed by atoms with Crippen molar-refractivity contribution in [3.63, 3.8) is 0 Å². The fourth-order valence-corrected chi connectivity index (χ4v) is 1.57. The molecule has 0 fully saturated rings. The highest BCUT2D eigenvalue weighted by Crippen LogP contribution is 2.20. The van der Waals surface area contributed by atoms with Crippen LogP contribution in [0, 0.1) is 0 Å². The van der Waals surface area contributed by atoms with Gasteiger partial charge < -0.3 is 15.8 Å². The molecule has 0 spiro atoms. The van der Waals surface area contributed by atoms with Gasteiger partial charge in [0, 0.05) is 6.54 Å². The minimum Gasteiger partial charge on any atom is -0.457 e. The number of ether oxygens (including phenoxy) is 1. The molecule has 3 N–H and O–H groups in total. The molecular weight excluding hydrogens is 240 g/mol. The number of carbonyl (C=O) groups is 1. The summed E-state index contributed by atoms with van der Waals surface area (Å²) in [6.45, 7) is 0.483. The van der Waals surface area contributed by atoms with E-state index in [-0.39, 0.29) is 12.5 Å². The van der Waals surface area contributed by atoms with E-state index in [9.17, 15) is 4.79 Å². The first-order valence-corrected chi connectivity index (χ1v) is 6.06. The van der Waals surface area contributed by atoms with E-state index in [1.165, 1.54) is 0 Å². The van der Waals surface area contributed by atoms with E-state index in [0.717, 1.165) is 17.1 Å². The number of hydrogen-bond acceptors (Lipinski definition) is 3. The van der Waals surface area contributed by atoms with E-state index in [1.807, 2.05) is 54.6 Å². The maximum absolute atomic E-state index is 11.0. The first kappa shape index (κ1) is 13.1. The summed E-state index contributed by atoms with van der Waals surface area (Å²) < 4.78 is 5.67. The zero-order valence-corrected chi connectivity index (χ0v) is 10.5. The lowest BCUT2D eigenvalue weighted by Crippen LogP contribution is -2.29. The van der Waals surface area contributed by atoms with Crippen LogP contribution in [0.3, 0.4) is 0 Å². The van der Waals surface area contributed by atoms with Crippen LogP contribution in [0.2, 0.25) is 0 Å². The molecule has 19 heavy (non-hydrogen) atoms. The van der Waals surface area contributed by atoms with Gasteiger partial charge in [0.25, 0.3) is 0 Å². The fraction of sp³-hybridized carbons (Fsp3) is 0.133. The lowest BCUT2D eigenvalue weighted by Gasteiger charge is -2.07. The molecule has 2 aromatic carbocycles. The van der Waals surface area contributed by atoms with Crippen LogP contribution in [0.1, 0.15) is 5.56 Å². The standard InChI is InChI=1S/C15H16N2O2/c16-10-15(18)17-11-12-6-8-14(9-7-12)19-13-4-2-1-3-5-13/h1-9H,10-11,16H2,(H,17,18). The monoisotopic (exact) mass is 256 g/mol. The number of amides is 1. The van der Waals surface area contributed by atoms with Crippen molar-refractivity contribution in [1.29, 1.82) is 0 Å². The molecule has 0 atom stereocenters. The Morgan fingerprint density at radius 3 is 2.26 bits per heavy atom. The smallest absolute Gasteiger partial charge is 0.234 e. The van der Waals surface area contributed by atoms with Gasteiger partial charge in [0.05, 0.1) is 6.54 Å². The van der Waals surface area contributed by atoms with Crippen LogP contribution in [0.15, 0.2) is 54.6 Å². The Bertz CT molecular complexity index is 524. The van der Waals surface area contributed by atoms with Crippen molar-refractivity contribution >= 4 is 5.91 Å². The summed E-state index contributed by atoms with van der Waals surface area (Å²) in [5.41, 5.74) is 6.22. The lowest BCUT2D eigenvalue weighted by molar-refractivity contribution is -0.119. The number of benzene rings is 2. The summed E-state index contributed by atoms with van der Waals surface area (Å²) in [5, 5.41) is 2.71. The maximum atomic E-state index is 11.0. The van der Waals surface area contributed by atoms with Gasteiger partial charge in [-0.2, -0.15) is 0 Å². The Labute approximate surface area is 112 Å². The minimum absolute atomic E-state index is 0.00913. The first-order valence-electron chi connectivity index (χ1n) is 6.06. The summed E-state index contributed by atoms with van der Waals surface area (Å²) in [6, 6.07) is 17.1. The molecule has 0 radical (unpaired) electrons. The van der Waals surface area contributed by atoms with Crippen LogP contribution in [0.25, 0.3) is 0 Å². The van der Waals surface area contributed by atoms with E-state index in [2.05, 4.69) is 5.32 Å². The molecule has 4 nitrogen and oxygen atoms in total. The number of hydrogen-bond donors (Lipinski definition) is 2. The van der Waals surface area contributed by atoms with Crippen LogP contribution in [0.4, 0.5) is 0 Å². The average molecular weight is 256 g/mol. The van der Waals surface area contributed by atoms with Gasteiger partial charge >= 0.3 is 0 Å². The normalized spacial score (nSPS) is 9.95. The van der Waals surface area contributed by atoms with E-state index in [0.29, 0.717) is 6.54 Å². The zero-order chi connectivity index (χ0) is 13.5. The van der Waals surface area contributed by atoms with Crippen molar-refractivity contribution in [1.82, 2.24) is 5.32 Å². The third-order valence-electron chi connectivity index (χ3n) is 2.58. The minimum atomic E-state index is -0.162. The summed E-state index contributed by atoms with van der Waals surface area (Å²) in [7, 11) is 0. The second kappa shape index (κ2) is 6.56. The third kappa shape index (κ3) is 4.12. The SMILES string of the molecule is NCC(=O)NCc1ccc(Oc2ccccc2)cc1. The van der Waals surface area contributed by atoms with Crippen molar-refractivity contribution in [3.05, 3.63) is 60.2 Å². The molecule has 4 heteroatoms. The summed E-state index contributed by atoms with van der Waals surface area (Å²) >= 11 is 0. The van der Waals surface area contributed by atoms with Crippen LogP contribution in [0.5, 0.6) is 11.5 Å². The molecule has 98 valence electrons. The Morgan fingerprint density at radius 1 is 1.00 bits per heavy atom. The fourth-order valence-electron chi connectivity index (χ4n) is 1.57. The Morgan fingerprint density at radius 2 is 1.63 bits per heavy atom. The van der Waals surface area contributed by atoms with Gasteiger partial charge in [0.2, 0.25) is 5.91 Å². The number of nitrogens with one attached hydrogen (secondary N) is 1. The van der Waals surface area contributed by atoms with E-state index < -0.39 is 0 Å². The molecule has 2 aromatic rings. The van der Waals surface area contributed by atoms with Gasteiger partial charge in [-0.05, 0) is 29.8 Å². The number of para-hydroxylation sites is 1. The Kier molecular flexibility index (Phi) is 4.53. The molecule has 0 bridgehead atoms.